The number of benzene rings is 2. The summed E-state index contributed by atoms with van der Waals surface area (Å²) in [5.74, 6) is 0.804. The number of carbonyl (C=O) groups is 2. The van der Waals surface area contributed by atoms with Gasteiger partial charge in [0.25, 0.3) is 0 Å². The Bertz CT molecular complexity index is 872. The quantitative estimate of drug-likeness (QED) is 0.869. The van der Waals surface area contributed by atoms with Crippen LogP contribution in [0.4, 0.5) is 20.6 Å². The van der Waals surface area contributed by atoms with Gasteiger partial charge in [-0.05, 0) is 36.4 Å². The van der Waals surface area contributed by atoms with E-state index in [2.05, 4.69) is 10.6 Å². The lowest BCUT2D eigenvalue weighted by molar-refractivity contribution is -0.117. The number of urea groups is 1. The summed E-state index contributed by atoms with van der Waals surface area (Å²) in [6, 6.07) is 10.0. The van der Waals surface area contributed by atoms with E-state index in [0.717, 1.165) is 0 Å². The number of rotatable bonds is 3. The molecule has 2 N–H and O–H groups in total. The Kier molecular flexibility index (Phi) is 4.53. The number of ether oxygens (including phenoxy) is 2. The minimum Gasteiger partial charge on any atom is -0.486 e. The predicted molar refractivity (Wildman–Crippen MR) is 96.7 cm³/mol. The van der Waals surface area contributed by atoms with Crippen molar-refractivity contribution >= 4 is 23.3 Å². The van der Waals surface area contributed by atoms with Gasteiger partial charge in [-0.3, -0.25) is 4.79 Å². The lowest BCUT2D eigenvalue weighted by Crippen LogP contribution is -2.39. The average Bonchev–Trinajstić information content (AvgIpc) is 3.03. The van der Waals surface area contributed by atoms with E-state index < -0.39 is 6.03 Å². The molecule has 0 bridgehead atoms. The maximum atomic E-state index is 12.9. The van der Waals surface area contributed by atoms with Crippen LogP contribution in [0.15, 0.2) is 42.5 Å². The standard InChI is InChI=1S/C19H18FN3O4/c20-12-1-3-13(4-2-12)21-19(25)22-14-9-18(24)23(11-14)15-5-6-16-17(10-15)27-8-7-26-16/h1-6,10,14H,7-9,11H2,(H2,21,22,25)/t14-/m0/s1. The van der Waals surface area contributed by atoms with Gasteiger partial charge in [-0.25, -0.2) is 9.18 Å². The van der Waals surface area contributed by atoms with Gasteiger partial charge in [0.1, 0.15) is 19.0 Å². The summed E-state index contributed by atoms with van der Waals surface area (Å²) in [6.45, 7) is 1.33. The molecule has 4 rings (SSSR count). The molecule has 2 aliphatic rings. The highest BCUT2D eigenvalue weighted by Gasteiger charge is 2.32. The Morgan fingerprint density at radius 3 is 2.59 bits per heavy atom. The van der Waals surface area contributed by atoms with Crippen molar-refractivity contribution in [3.05, 3.63) is 48.3 Å². The third kappa shape index (κ3) is 3.79. The molecule has 0 radical (unpaired) electrons. The average molecular weight is 371 g/mol. The Hall–Kier alpha value is -3.29. The number of fused-ring (bicyclic) bond motifs is 1. The predicted octanol–water partition coefficient (Wildman–Crippen LogP) is 2.52. The molecule has 2 aromatic rings. The topological polar surface area (TPSA) is 79.9 Å². The minimum atomic E-state index is -0.441. The molecule has 1 fully saturated rings. The van der Waals surface area contributed by atoms with Crippen molar-refractivity contribution in [3.63, 3.8) is 0 Å². The fourth-order valence-electron chi connectivity index (χ4n) is 3.14. The molecule has 0 aromatic heterocycles. The van der Waals surface area contributed by atoms with Crippen LogP contribution in [0.5, 0.6) is 11.5 Å². The van der Waals surface area contributed by atoms with E-state index in [1.54, 1.807) is 23.1 Å². The van der Waals surface area contributed by atoms with Crippen LogP contribution in [0.25, 0.3) is 0 Å². The van der Waals surface area contributed by atoms with Crippen LogP contribution in [0.2, 0.25) is 0 Å². The van der Waals surface area contributed by atoms with Gasteiger partial charge < -0.3 is 25.0 Å². The molecule has 2 aromatic carbocycles. The summed E-state index contributed by atoms with van der Waals surface area (Å²) < 4.78 is 24.0. The third-order valence-electron chi connectivity index (χ3n) is 4.40. The fourth-order valence-corrected chi connectivity index (χ4v) is 3.14. The molecule has 0 spiro atoms. The van der Waals surface area contributed by atoms with Crippen LogP contribution in [-0.2, 0) is 4.79 Å². The highest BCUT2D eigenvalue weighted by molar-refractivity contribution is 5.98. The molecule has 2 aliphatic heterocycles. The van der Waals surface area contributed by atoms with Gasteiger partial charge in [-0.1, -0.05) is 0 Å². The number of halogens is 1. The van der Waals surface area contributed by atoms with E-state index in [1.807, 2.05) is 0 Å². The number of hydrogen-bond acceptors (Lipinski definition) is 4. The van der Waals surface area contributed by atoms with Gasteiger partial charge in [0.05, 0.1) is 6.04 Å². The van der Waals surface area contributed by atoms with Crippen molar-refractivity contribution in [2.24, 2.45) is 0 Å². The van der Waals surface area contributed by atoms with Gasteiger partial charge in [0.2, 0.25) is 5.91 Å². The number of anilines is 2. The van der Waals surface area contributed by atoms with Crippen LogP contribution in [0.1, 0.15) is 6.42 Å². The lowest BCUT2D eigenvalue weighted by Gasteiger charge is -2.22. The number of carbonyl (C=O) groups excluding carboxylic acids is 2. The second-order valence-corrected chi connectivity index (χ2v) is 6.34. The number of amides is 3. The smallest absolute Gasteiger partial charge is 0.319 e. The zero-order valence-corrected chi connectivity index (χ0v) is 14.4. The summed E-state index contributed by atoms with van der Waals surface area (Å²) >= 11 is 0. The fraction of sp³-hybridized carbons (Fsp3) is 0.263. The van der Waals surface area contributed by atoms with E-state index >= 15 is 0 Å². The van der Waals surface area contributed by atoms with Crippen molar-refractivity contribution in [1.29, 1.82) is 0 Å². The van der Waals surface area contributed by atoms with Crippen molar-refractivity contribution in [1.82, 2.24) is 5.32 Å². The molecular weight excluding hydrogens is 353 g/mol. The molecule has 1 atom stereocenters. The molecule has 8 heteroatoms. The van der Waals surface area contributed by atoms with Crippen molar-refractivity contribution in [2.45, 2.75) is 12.5 Å². The summed E-state index contributed by atoms with van der Waals surface area (Å²) in [7, 11) is 0. The van der Waals surface area contributed by atoms with E-state index in [9.17, 15) is 14.0 Å². The first kappa shape index (κ1) is 17.1. The number of nitrogens with zero attached hydrogens (tertiary/aromatic N) is 1. The molecule has 1 saturated heterocycles. The minimum absolute atomic E-state index is 0.0845. The molecule has 2 heterocycles. The van der Waals surface area contributed by atoms with Crippen molar-refractivity contribution < 1.29 is 23.5 Å². The Morgan fingerprint density at radius 2 is 1.81 bits per heavy atom. The second-order valence-electron chi connectivity index (χ2n) is 6.34. The molecule has 0 unspecified atom stereocenters. The van der Waals surface area contributed by atoms with Crippen LogP contribution >= 0.6 is 0 Å². The van der Waals surface area contributed by atoms with E-state index in [1.165, 1.54) is 24.3 Å². The molecule has 0 aliphatic carbocycles. The largest absolute Gasteiger partial charge is 0.486 e. The maximum Gasteiger partial charge on any atom is 0.319 e. The lowest BCUT2D eigenvalue weighted by atomic mass is 10.2. The van der Waals surface area contributed by atoms with Gasteiger partial charge in [0, 0.05) is 30.4 Å². The van der Waals surface area contributed by atoms with Crippen molar-refractivity contribution in [3.8, 4) is 11.5 Å². The van der Waals surface area contributed by atoms with Crippen LogP contribution in [-0.4, -0.2) is 37.7 Å². The van der Waals surface area contributed by atoms with Gasteiger partial charge >= 0.3 is 6.03 Å². The summed E-state index contributed by atoms with van der Waals surface area (Å²) in [5, 5.41) is 5.40. The van der Waals surface area contributed by atoms with Crippen LogP contribution in [0.3, 0.4) is 0 Å². The van der Waals surface area contributed by atoms with E-state index in [0.29, 0.717) is 42.6 Å². The van der Waals surface area contributed by atoms with Gasteiger partial charge in [0.15, 0.2) is 11.5 Å². The van der Waals surface area contributed by atoms with Crippen LogP contribution < -0.4 is 25.0 Å². The third-order valence-corrected chi connectivity index (χ3v) is 4.40. The monoisotopic (exact) mass is 371 g/mol. The first-order chi connectivity index (χ1) is 13.1. The Morgan fingerprint density at radius 1 is 1.07 bits per heavy atom. The van der Waals surface area contributed by atoms with Crippen LogP contribution in [0, 0.1) is 5.82 Å². The highest BCUT2D eigenvalue weighted by atomic mass is 19.1. The van der Waals surface area contributed by atoms with Gasteiger partial charge in [-0.2, -0.15) is 0 Å². The molecular formula is C19H18FN3O4. The van der Waals surface area contributed by atoms with E-state index in [4.69, 9.17) is 9.47 Å². The summed E-state index contributed by atoms with van der Waals surface area (Å²) in [4.78, 5) is 26.1. The summed E-state index contributed by atoms with van der Waals surface area (Å²) in [6.07, 6.45) is 0.200. The zero-order chi connectivity index (χ0) is 18.8. The zero-order valence-electron chi connectivity index (χ0n) is 14.4. The Balaban J connectivity index is 1.38. The summed E-state index contributed by atoms with van der Waals surface area (Å²) in [5.41, 5.74) is 1.18. The molecule has 7 nitrogen and oxygen atoms in total. The Labute approximate surface area is 155 Å². The highest BCUT2D eigenvalue weighted by Crippen LogP contribution is 2.35. The SMILES string of the molecule is O=C(Nc1ccc(F)cc1)N[C@H]1CC(=O)N(c2ccc3c(c2)OCCO3)C1. The molecule has 3 amide bonds. The first-order valence-corrected chi connectivity index (χ1v) is 8.61. The second kappa shape index (κ2) is 7.14. The van der Waals surface area contributed by atoms with Gasteiger partial charge in [-0.15, -0.1) is 0 Å². The first-order valence-electron chi connectivity index (χ1n) is 8.61. The normalized spacial score (nSPS) is 18.3. The molecule has 140 valence electrons. The van der Waals surface area contributed by atoms with E-state index in [-0.39, 0.29) is 24.2 Å². The number of hydrogen-bond donors (Lipinski definition) is 2. The molecule has 27 heavy (non-hydrogen) atoms. The number of nitrogens with one attached hydrogen (secondary N) is 2. The maximum absolute atomic E-state index is 12.9. The van der Waals surface area contributed by atoms with Crippen molar-refractivity contribution in [2.75, 3.05) is 30.0 Å². The molecule has 0 saturated carbocycles.